The van der Waals surface area contributed by atoms with Crippen molar-refractivity contribution in [2.24, 2.45) is 5.92 Å². The number of rotatable bonds is 6. The van der Waals surface area contributed by atoms with Crippen molar-refractivity contribution >= 4 is 34.3 Å². The first-order valence-electron chi connectivity index (χ1n) is 11.3. The molecule has 2 amide bonds. The van der Waals surface area contributed by atoms with E-state index in [0.29, 0.717) is 60.3 Å². The fraction of sp³-hybridized carbons (Fsp3) is 0.292. The van der Waals surface area contributed by atoms with Crippen molar-refractivity contribution in [2.75, 3.05) is 20.2 Å². The molecule has 0 atom stereocenters. The van der Waals surface area contributed by atoms with Gasteiger partial charge in [0.15, 0.2) is 5.69 Å². The van der Waals surface area contributed by atoms with E-state index in [-0.39, 0.29) is 17.7 Å². The van der Waals surface area contributed by atoms with E-state index >= 15 is 0 Å². The number of hydrogen-bond donors (Lipinski definition) is 3. The van der Waals surface area contributed by atoms with Crippen LogP contribution in [0.1, 0.15) is 28.9 Å². The van der Waals surface area contributed by atoms with Crippen LogP contribution in [0.5, 0.6) is 5.88 Å². The molecule has 1 aliphatic heterocycles. The van der Waals surface area contributed by atoms with Crippen LogP contribution in [0.25, 0.3) is 22.2 Å². The smallest absolute Gasteiger partial charge is 0.274 e. The molecule has 10 nitrogen and oxygen atoms in total. The lowest BCUT2D eigenvalue weighted by molar-refractivity contribution is -0.126. The predicted molar refractivity (Wildman–Crippen MR) is 130 cm³/mol. The number of carbonyl (C=O) groups excluding carboxylic acids is 2. The number of pyridine rings is 1. The molecular formula is C24H24ClN7O3. The van der Waals surface area contributed by atoms with Crippen LogP contribution in [-0.4, -0.2) is 62.3 Å². The van der Waals surface area contributed by atoms with E-state index < -0.39 is 0 Å². The van der Waals surface area contributed by atoms with Crippen molar-refractivity contribution in [3.05, 3.63) is 59.0 Å². The molecule has 1 aliphatic rings. The van der Waals surface area contributed by atoms with Gasteiger partial charge in [0.25, 0.3) is 5.91 Å². The second-order valence-corrected chi connectivity index (χ2v) is 8.86. The zero-order valence-electron chi connectivity index (χ0n) is 19.0. The molecule has 180 valence electrons. The minimum absolute atomic E-state index is 0.00476. The van der Waals surface area contributed by atoms with Crippen molar-refractivity contribution in [1.29, 1.82) is 0 Å². The third-order valence-electron chi connectivity index (χ3n) is 6.25. The molecule has 1 aromatic carbocycles. The standard InChI is InChI=1S/C24H24ClN7O3/c1-35-22-9-17(18(25)13-26-22)20-10-21(31-30-20)24(34)32-6-4-15(5-7-32)23(33)27-11-14-2-3-16-12-28-29-19(16)8-14/h2-3,8-10,12-13,15H,4-7,11H2,1H3,(H,27,33)(H,28,29)(H,30,31). The van der Waals surface area contributed by atoms with Crippen molar-refractivity contribution in [2.45, 2.75) is 19.4 Å². The first-order valence-corrected chi connectivity index (χ1v) is 11.6. The average Bonchev–Trinajstić information content (AvgIpc) is 3.57. The van der Waals surface area contributed by atoms with Gasteiger partial charge in [0.1, 0.15) is 0 Å². The Morgan fingerprint density at radius 2 is 2.00 bits per heavy atom. The molecule has 11 heteroatoms. The Balaban J connectivity index is 1.16. The van der Waals surface area contributed by atoms with E-state index in [1.807, 2.05) is 18.2 Å². The number of ether oxygens (including phenoxy) is 1. The number of likely N-dealkylation sites (tertiary alicyclic amines) is 1. The Morgan fingerprint density at radius 3 is 2.80 bits per heavy atom. The number of amides is 2. The number of nitrogens with one attached hydrogen (secondary N) is 3. The second-order valence-electron chi connectivity index (χ2n) is 8.45. The van der Waals surface area contributed by atoms with E-state index in [0.717, 1.165) is 16.5 Å². The molecule has 1 saturated heterocycles. The summed E-state index contributed by atoms with van der Waals surface area (Å²) in [5, 5.41) is 18.5. The Bertz CT molecular complexity index is 1370. The second kappa shape index (κ2) is 9.75. The van der Waals surface area contributed by atoms with Gasteiger partial charge in [0, 0.05) is 42.6 Å². The van der Waals surface area contributed by atoms with Crippen molar-refractivity contribution in [3.8, 4) is 17.1 Å². The van der Waals surface area contributed by atoms with Crippen LogP contribution >= 0.6 is 11.6 Å². The van der Waals surface area contributed by atoms with Gasteiger partial charge in [0.2, 0.25) is 11.8 Å². The zero-order chi connectivity index (χ0) is 24.4. The van der Waals surface area contributed by atoms with Crippen molar-refractivity contribution in [3.63, 3.8) is 0 Å². The van der Waals surface area contributed by atoms with Gasteiger partial charge in [-0.25, -0.2) is 4.98 Å². The summed E-state index contributed by atoms with van der Waals surface area (Å²) in [6, 6.07) is 9.29. The number of aromatic nitrogens is 5. The zero-order valence-corrected chi connectivity index (χ0v) is 19.8. The molecule has 3 aromatic heterocycles. The van der Waals surface area contributed by atoms with E-state index in [2.05, 4.69) is 30.7 Å². The highest BCUT2D eigenvalue weighted by atomic mass is 35.5. The van der Waals surface area contributed by atoms with Crippen LogP contribution in [0.3, 0.4) is 0 Å². The van der Waals surface area contributed by atoms with Gasteiger partial charge < -0.3 is 15.0 Å². The number of halogens is 1. The summed E-state index contributed by atoms with van der Waals surface area (Å²) in [4.78, 5) is 31.5. The molecule has 1 fully saturated rings. The van der Waals surface area contributed by atoms with E-state index in [1.54, 1.807) is 23.2 Å². The molecule has 5 rings (SSSR count). The molecule has 4 aromatic rings. The van der Waals surface area contributed by atoms with Crippen LogP contribution in [0.2, 0.25) is 5.02 Å². The molecule has 4 heterocycles. The third-order valence-corrected chi connectivity index (χ3v) is 6.55. The molecular weight excluding hydrogens is 470 g/mol. The summed E-state index contributed by atoms with van der Waals surface area (Å²) >= 11 is 6.25. The Labute approximate surface area is 206 Å². The van der Waals surface area contributed by atoms with Gasteiger partial charge in [-0.3, -0.25) is 19.8 Å². The molecule has 0 unspecified atom stereocenters. The Kier molecular flexibility index (Phi) is 6.37. The minimum atomic E-state index is -0.184. The summed E-state index contributed by atoms with van der Waals surface area (Å²) in [6.07, 6.45) is 4.45. The van der Waals surface area contributed by atoms with Crippen molar-refractivity contribution < 1.29 is 14.3 Å². The summed E-state index contributed by atoms with van der Waals surface area (Å²) in [6.45, 7) is 1.43. The molecule has 0 aliphatic carbocycles. The molecule has 0 bridgehead atoms. The maximum atomic E-state index is 13.0. The van der Waals surface area contributed by atoms with Gasteiger partial charge in [-0.1, -0.05) is 23.7 Å². The van der Waals surface area contributed by atoms with Gasteiger partial charge in [-0.15, -0.1) is 0 Å². The Morgan fingerprint density at radius 1 is 1.17 bits per heavy atom. The fourth-order valence-corrected chi connectivity index (χ4v) is 4.45. The lowest BCUT2D eigenvalue weighted by atomic mass is 9.95. The van der Waals surface area contributed by atoms with Crippen LogP contribution in [0.15, 0.2) is 42.7 Å². The van der Waals surface area contributed by atoms with Gasteiger partial charge in [-0.05, 0) is 30.5 Å². The van der Waals surface area contributed by atoms with Crippen LogP contribution in [0.4, 0.5) is 0 Å². The molecule has 0 saturated carbocycles. The van der Waals surface area contributed by atoms with Crippen molar-refractivity contribution in [1.82, 2.24) is 35.6 Å². The predicted octanol–water partition coefficient (Wildman–Crippen LogP) is 3.18. The summed E-state index contributed by atoms with van der Waals surface area (Å²) in [5.74, 6) is 0.100. The van der Waals surface area contributed by atoms with E-state index in [4.69, 9.17) is 16.3 Å². The number of fused-ring (bicyclic) bond motifs is 1. The average molecular weight is 494 g/mol. The van der Waals surface area contributed by atoms with Crippen LogP contribution in [-0.2, 0) is 11.3 Å². The number of benzene rings is 1. The summed E-state index contributed by atoms with van der Waals surface area (Å²) < 4.78 is 5.15. The maximum Gasteiger partial charge on any atom is 0.274 e. The minimum Gasteiger partial charge on any atom is -0.481 e. The summed E-state index contributed by atoms with van der Waals surface area (Å²) in [5.41, 5.74) is 3.48. The fourth-order valence-electron chi connectivity index (χ4n) is 4.24. The normalized spacial score (nSPS) is 14.3. The first-order chi connectivity index (χ1) is 17.0. The number of piperidine rings is 1. The van der Waals surface area contributed by atoms with Crippen LogP contribution < -0.4 is 10.1 Å². The number of carbonyl (C=O) groups is 2. The highest BCUT2D eigenvalue weighted by Gasteiger charge is 2.29. The van der Waals surface area contributed by atoms with E-state index in [9.17, 15) is 9.59 Å². The Hall–Kier alpha value is -3.92. The van der Waals surface area contributed by atoms with E-state index in [1.165, 1.54) is 13.3 Å². The third kappa shape index (κ3) is 4.83. The highest BCUT2D eigenvalue weighted by Crippen LogP contribution is 2.29. The topological polar surface area (TPSA) is 129 Å². The molecule has 35 heavy (non-hydrogen) atoms. The largest absolute Gasteiger partial charge is 0.481 e. The number of hydrogen-bond acceptors (Lipinski definition) is 6. The highest BCUT2D eigenvalue weighted by molar-refractivity contribution is 6.33. The molecule has 3 N–H and O–H groups in total. The first kappa shape index (κ1) is 22.9. The quantitative estimate of drug-likeness (QED) is 0.378. The number of H-pyrrole nitrogens is 2. The monoisotopic (exact) mass is 493 g/mol. The van der Waals surface area contributed by atoms with Gasteiger partial charge in [0.05, 0.1) is 35.7 Å². The SMILES string of the molecule is COc1cc(-c2cc(C(=O)N3CCC(C(=O)NCc4ccc5cn[nH]c5c4)CC3)n[nH]2)c(Cl)cn1. The van der Waals surface area contributed by atoms with Crippen LogP contribution in [0, 0.1) is 5.92 Å². The maximum absolute atomic E-state index is 13.0. The number of nitrogens with zero attached hydrogens (tertiary/aromatic N) is 4. The lowest BCUT2D eigenvalue weighted by Crippen LogP contribution is -2.43. The lowest BCUT2D eigenvalue weighted by Gasteiger charge is -2.30. The van der Waals surface area contributed by atoms with Gasteiger partial charge in [-0.2, -0.15) is 10.2 Å². The molecule has 0 spiro atoms. The molecule has 0 radical (unpaired) electrons. The summed E-state index contributed by atoms with van der Waals surface area (Å²) in [7, 11) is 1.52. The number of aromatic amines is 2. The van der Waals surface area contributed by atoms with Gasteiger partial charge >= 0.3 is 0 Å². The number of methoxy groups -OCH3 is 1.